The van der Waals surface area contributed by atoms with Gasteiger partial charge in [0.1, 0.15) is 6.61 Å². The first-order chi connectivity index (χ1) is 6.31. The van der Waals surface area contributed by atoms with Gasteiger partial charge < -0.3 is 9.64 Å². The van der Waals surface area contributed by atoms with Gasteiger partial charge in [0, 0.05) is 12.1 Å². The summed E-state index contributed by atoms with van der Waals surface area (Å²) in [6, 6.07) is 1.50. The number of piperidine rings is 1. The molecular weight excluding hydrogens is 162 g/mol. The van der Waals surface area contributed by atoms with E-state index in [0.29, 0.717) is 12.7 Å². The number of nitrogens with zero attached hydrogens (tertiary/aromatic N) is 1. The number of hydrogen-bond donors (Lipinski definition) is 0. The van der Waals surface area contributed by atoms with Gasteiger partial charge in [-0.25, -0.2) is 0 Å². The van der Waals surface area contributed by atoms with E-state index in [1.165, 1.54) is 25.7 Å². The molecule has 0 aromatic carbocycles. The van der Waals surface area contributed by atoms with E-state index in [9.17, 15) is 0 Å². The molecule has 0 spiro atoms. The molecule has 2 heteroatoms. The molecule has 0 aromatic rings. The van der Waals surface area contributed by atoms with Crippen LogP contribution in [0.3, 0.4) is 0 Å². The SMILES string of the molecule is C#CCOC1CC2CCC(C1)N2C. The highest BCUT2D eigenvalue weighted by molar-refractivity contribution is 4.94. The Morgan fingerprint density at radius 3 is 2.54 bits per heavy atom. The largest absolute Gasteiger partial charge is 0.365 e. The summed E-state index contributed by atoms with van der Waals surface area (Å²) >= 11 is 0. The van der Waals surface area contributed by atoms with Crippen LogP contribution in [0.15, 0.2) is 0 Å². The fourth-order valence-electron chi connectivity index (χ4n) is 2.66. The van der Waals surface area contributed by atoms with Crippen molar-refractivity contribution in [1.82, 2.24) is 4.90 Å². The van der Waals surface area contributed by atoms with Crippen LogP contribution in [-0.2, 0) is 4.74 Å². The molecule has 2 unspecified atom stereocenters. The van der Waals surface area contributed by atoms with E-state index in [2.05, 4.69) is 17.9 Å². The summed E-state index contributed by atoms with van der Waals surface area (Å²) in [6.45, 7) is 0.480. The number of terminal acetylenes is 1. The van der Waals surface area contributed by atoms with Crippen LogP contribution in [0.2, 0.25) is 0 Å². The quantitative estimate of drug-likeness (QED) is 0.592. The van der Waals surface area contributed by atoms with Gasteiger partial charge in [0.15, 0.2) is 0 Å². The Hall–Kier alpha value is -0.520. The summed E-state index contributed by atoms with van der Waals surface area (Å²) in [5.41, 5.74) is 0. The third-order valence-corrected chi connectivity index (χ3v) is 3.46. The van der Waals surface area contributed by atoms with Gasteiger partial charge in [0.25, 0.3) is 0 Å². The smallest absolute Gasteiger partial charge is 0.107 e. The molecule has 0 N–H and O–H groups in total. The summed E-state index contributed by atoms with van der Waals surface area (Å²) in [7, 11) is 2.24. The van der Waals surface area contributed by atoms with Crippen molar-refractivity contribution >= 4 is 0 Å². The fraction of sp³-hybridized carbons (Fsp3) is 0.818. The lowest BCUT2D eigenvalue weighted by Gasteiger charge is -2.35. The minimum Gasteiger partial charge on any atom is -0.365 e. The van der Waals surface area contributed by atoms with Gasteiger partial charge in [-0.2, -0.15) is 0 Å². The van der Waals surface area contributed by atoms with Crippen molar-refractivity contribution in [3.8, 4) is 12.3 Å². The van der Waals surface area contributed by atoms with Crippen LogP contribution in [0.1, 0.15) is 25.7 Å². The van der Waals surface area contributed by atoms with E-state index in [1.807, 2.05) is 0 Å². The molecule has 2 aliphatic heterocycles. The van der Waals surface area contributed by atoms with Gasteiger partial charge in [-0.05, 0) is 32.7 Å². The molecule has 72 valence electrons. The predicted octanol–water partition coefficient (Wildman–Crippen LogP) is 1.26. The molecule has 2 bridgehead atoms. The molecule has 2 fully saturated rings. The van der Waals surface area contributed by atoms with Crippen molar-refractivity contribution in [2.24, 2.45) is 0 Å². The monoisotopic (exact) mass is 179 g/mol. The van der Waals surface area contributed by atoms with Crippen molar-refractivity contribution in [1.29, 1.82) is 0 Å². The van der Waals surface area contributed by atoms with Gasteiger partial charge in [-0.1, -0.05) is 5.92 Å². The first kappa shape index (κ1) is 9.05. The van der Waals surface area contributed by atoms with Gasteiger partial charge in [0.2, 0.25) is 0 Å². The molecule has 0 saturated carbocycles. The maximum atomic E-state index is 5.60. The van der Waals surface area contributed by atoms with Crippen molar-refractivity contribution in [2.75, 3.05) is 13.7 Å². The molecule has 2 rings (SSSR count). The maximum absolute atomic E-state index is 5.60. The van der Waals surface area contributed by atoms with Crippen LogP contribution in [0.25, 0.3) is 0 Å². The van der Waals surface area contributed by atoms with Crippen LogP contribution in [0, 0.1) is 12.3 Å². The second kappa shape index (κ2) is 3.69. The van der Waals surface area contributed by atoms with Gasteiger partial charge in [-0.3, -0.25) is 0 Å². The molecule has 2 heterocycles. The van der Waals surface area contributed by atoms with E-state index in [1.54, 1.807) is 0 Å². The molecule has 13 heavy (non-hydrogen) atoms. The zero-order chi connectivity index (χ0) is 9.26. The summed E-state index contributed by atoms with van der Waals surface area (Å²) in [5, 5.41) is 0. The molecule has 2 saturated heterocycles. The fourth-order valence-corrected chi connectivity index (χ4v) is 2.66. The molecule has 2 atom stereocenters. The first-order valence-electron chi connectivity index (χ1n) is 5.08. The van der Waals surface area contributed by atoms with Crippen molar-refractivity contribution in [3.05, 3.63) is 0 Å². The van der Waals surface area contributed by atoms with Gasteiger partial charge in [0.05, 0.1) is 6.10 Å². The summed E-state index contributed by atoms with van der Waals surface area (Å²) in [5.74, 6) is 2.54. The lowest BCUT2D eigenvalue weighted by Crippen LogP contribution is -2.42. The van der Waals surface area contributed by atoms with Gasteiger partial charge in [-0.15, -0.1) is 6.42 Å². The molecule has 0 radical (unpaired) electrons. The average Bonchev–Trinajstić information content (AvgIpc) is 2.41. The molecule has 2 aliphatic rings. The average molecular weight is 179 g/mol. The van der Waals surface area contributed by atoms with Crippen LogP contribution in [-0.4, -0.2) is 36.7 Å². The highest BCUT2D eigenvalue weighted by Crippen LogP contribution is 2.35. The predicted molar refractivity (Wildman–Crippen MR) is 52.4 cm³/mol. The first-order valence-corrected chi connectivity index (χ1v) is 5.08. The van der Waals surface area contributed by atoms with E-state index in [-0.39, 0.29) is 0 Å². The van der Waals surface area contributed by atoms with E-state index < -0.39 is 0 Å². The van der Waals surface area contributed by atoms with E-state index in [4.69, 9.17) is 11.2 Å². The maximum Gasteiger partial charge on any atom is 0.107 e. The summed E-state index contributed by atoms with van der Waals surface area (Å²) in [6.07, 6.45) is 10.6. The second-order valence-electron chi connectivity index (χ2n) is 4.16. The number of ether oxygens (including phenoxy) is 1. The van der Waals surface area contributed by atoms with Crippen LogP contribution in [0.5, 0.6) is 0 Å². The zero-order valence-corrected chi connectivity index (χ0v) is 8.20. The third kappa shape index (κ3) is 1.72. The number of rotatable bonds is 2. The summed E-state index contributed by atoms with van der Waals surface area (Å²) < 4.78 is 5.60. The van der Waals surface area contributed by atoms with Crippen molar-refractivity contribution in [2.45, 2.75) is 43.9 Å². The Labute approximate surface area is 80.2 Å². The van der Waals surface area contributed by atoms with Crippen molar-refractivity contribution in [3.63, 3.8) is 0 Å². The Bertz CT molecular complexity index is 207. The molecule has 2 nitrogen and oxygen atoms in total. The van der Waals surface area contributed by atoms with E-state index >= 15 is 0 Å². The summed E-state index contributed by atoms with van der Waals surface area (Å²) in [4.78, 5) is 2.51. The minimum absolute atomic E-state index is 0.421. The van der Waals surface area contributed by atoms with E-state index in [0.717, 1.165) is 12.1 Å². The topological polar surface area (TPSA) is 12.5 Å². The minimum atomic E-state index is 0.421. The normalized spacial score (nSPS) is 38.9. The second-order valence-corrected chi connectivity index (χ2v) is 4.16. The Morgan fingerprint density at radius 2 is 2.00 bits per heavy atom. The number of fused-ring (bicyclic) bond motifs is 2. The molecule has 0 aromatic heterocycles. The Morgan fingerprint density at radius 1 is 1.38 bits per heavy atom. The lowest BCUT2D eigenvalue weighted by atomic mass is 10.0. The van der Waals surface area contributed by atoms with Gasteiger partial charge >= 0.3 is 0 Å². The molecule has 0 aliphatic carbocycles. The van der Waals surface area contributed by atoms with Crippen LogP contribution in [0.4, 0.5) is 0 Å². The highest BCUT2D eigenvalue weighted by Gasteiger charge is 2.38. The Kier molecular flexibility index (Phi) is 2.57. The lowest BCUT2D eigenvalue weighted by molar-refractivity contribution is 0.00228. The molecule has 0 amide bonds. The Balaban J connectivity index is 1.88. The standard InChI is InChI=1S/C11H17NO/c1-3-6-13-11-7-9-4-5-10(8-11)12(9)2/h1,9-11H,4-8H2,2H3. The molecular formula is C11H17NO. The highest BCUT2D eigenvalue weighted by atomic mass is 16.5. The van der Waals surface area contributed by atoms with Crippen LogP contribution < -0.4 is 0 Å². The zero-order valence-electron chi connectivity index (χ0n) is 8.20. The number of hydrogen-bond acceptors (Lipinski definition) is 2. The van der Waals surface area contributed by atoms with Crippen molar-refractivity contribution < 1.29 is 4.74 Å². The van der Waals surface area contributed by atoms with Crippen LogP contribution >= 0.6 is 0 Å². The third-order valence-electron chi connectivity index (χ3n) is 3.46.